The number of esters is 2. The molecule has 12 heteroatoms. The fraction of sp³-hybridized carbons (Fsp3) is 0.857. The van der Waals surface area contributed by atoms with Gasteiger partial charge in [0.25, 0.3) is 0 Å². The molecular formula is C35H59NO11. The molecular weight excluding hydrogens is 610 g/mol. The molecule has 0 aromatic heterocycles. The van der Waals surface area contributed by atoms with Crippen molar-refractivity contribution in [3.05, 3.63) is 0 Å². The van der Waals surface area contributed by atoms with E-state index in [-0.39, 0.29) is 30.8 Å². The topological polar surface area (TPSA) is 161 Å². The molecule has 2 aliphatic rings. The van der Waals surface area contributed by atoms with Gasteiger partial charge in [0.2, 0.25) is 0 Å². The number of carbonyl (C=O) groups excluding carboxylic acids is 3. The zero-order valence-electron chi connectivity index (χ0n) is 30.1. The van der Waals surface area contributed by atoms with Gasteiger partial charge in [0.1, 0.15) is 17.5 Å². The average Bonchev–Trinajstić information content (AvgIpc) is 3.02. The number of methoxy groups -OCH3 is 1. The van der Waals surface area contributed by atoms with Gasteiger partial charge in [0, 0.05) is 44.8 Å². The summed E-state index contributed by atoms with van der Waals surface area (Å²) in [4.78, 5) is 41.6. The molecule has 2 heterocycles. The summed E-state index contributed by atoms with van der Waals surface area (Å²) in [5, 5.41) is 34.3. The number of cyclic esters (lactones) is 1. The summed E-state index contributed by atoms with van der Waals surface area (Å²) in [5.74, 6) is -2.64. The molecule has 2 rings (SSSR count). The number of hydrogen-bond donors (Lipinski definition) is 3. The van der Waals surface area contributed by atoms with Gasteiger partial charge in [-0.15, -0.1) is 12.3 Å². The second-order valence-corrected chi connectivity index (χ2v) is 14.1. The molecule has 0 aromatic rings. The van der Waals surface area contributed by atoms with Crippen molar-refractivity contribution in [2.45, 2.75) is 148 Å². The number of ether oxygens (including phenoxy) is 5. The van der Waals surface area contributed by atoms with Crippen LogP contribution in [0.2, 0.25) is 0 Å². The zero-order chi connectivity index (χ0) is 36.0. The number of nitrogens with zero attached hydrogens (tertiary/aromatic N) is 1. The molecule has 2 fully saturated rings. The number of aliphatic hydroxyl groups excluding tert-OH is 2. The van der Waals surface area contributed by atoms with Crippen LogP contribution in [0.1, 0.15) is 88.0 Å². The minimum absolute atomic E-state index is 0.0886. The van der Waals surface area contributed by atoms with Crippen LogP contribution >= 0.6 is 0 Å². The van der Waals surface area contributed by atoms with Gasteiger partial charge in [0.15, 0.2) is 12.4 Å². The molecule has 3 N–H and O–H groups in total. The van der Waals surface area contributed by atoms with Gasteiger partial charge in [-0.05, 0) is 54.0 Å². The molecule has 47 heavy (non-hydrogen) atoms. The minimum Gasteiger partial charge on any atom is -0.459 e. The molecule has 14 atom stereocenters. The Morgan fingerprint density at radius 1 is 1.13 bits per heavy atom. The average molecular weight is 670 g/mol. The Hall–Kier alpha value is -2.11. The van der Waals surface area contributed by atoms with E-state index in [0.29, 0.717) is 19.4 Å². The summed E-state index contributed by atoms with van der Waals surface area (Å²) in [6, 6.07) is -0.316. The Labute approximate surface area is 280 Å². The van der Waals surface area contributed by atoms with E-state index in [1.807, 2.05) is 18.9 Å². The van der Waals surface area contributed by atoms with Gasteiger partial charge in [-0.2, -0.15) is 0 Å². The number of hydrogen-bond acceptors (Lipinski definition) is 12. The number of terminal acetylenes is 1. The largest absolute Gasteiger partial charge is 0.459 e. The normalized spacial score (nSPS) is 42.7. The Morgan fingerprint density at radius 3 is 2.28 bits per heavy atom. The number of ketones is 1. The van der Waals surface area contributed by atoms with Crippen molar-refractivity contribution in [1.29, 1.82) is 0 Å². The Morgan fingerprint density at radius 2 is 1.74 bits per heavy atom. The smallest absolute Gasteiger partial charge is 0.311 e. The van der Waals surface area contributed by atoms with Crippen molar-refractivity contribution in [3.63, 3.8) is 0 Å². The number of aliphatic hydroxyl groups is 3. The zero-order valence-corrected chi connectivity index (χ0v) is 30.1. The first-order valence-corrected chi connectivity index (χ1v) is 16.8. The maximum absolute atomic E-state index is 13.8. The van der Waals surface area contributed by atoms with Crippen LogP contribution in [0.5, 0.6) is 0 Å². The van der Waals surface area contributed by atoms with Gasteiger partial charge >= 0.3 is 11.9 Å². The summed E-state index contributed by atoms with van der Waals surface area (Å²) in [6.07, 6.45) is -0.579. The number of likely N-dealkylation sites (N-methyl/N-ethyl adjacent to an activating group) is 1. The van der Waals surface area contributed by atoms with Gasteiger partial charge in [0.05, 0.1) is 42.0 Å². The van der Waals surface area contributed by atoms with Crippen molar-refractivity contribution in [1.82, 2.24) is 4.90 Å². The van der Waals surface area contributed by atoms with E-state index in [1.165, 1.54) is 34.8 Å². The summed E-state index contributed by atoms with van der Waals surface area (Å²) >= 11 is 0. The lowest BCUT2D eigenvalue weighted by molar-refractivity contribution is -0.304. The first-order chi connectivity index (χ1) is 21.8. The van der Waals surface area contributed by atoms with Crippen LogP contribution < -0.4 is 0 Å². The summed E-state index contributed by atoms with van der Waals surface area (Å²) in [6.45, 7) is 15.0. The van der Waals surface area contributed by atoms with E-state index in [4.69, 9.17) is 30.1 Å². The van der Waals surface area contributed by atoms with Crippen LogP contribution in [-0.4, -0.2) is 119 Å². The van der Waals surface area contributed by atoms with Crippen LogP contribution in [0.15, 0.2) is 0 Å². The van der Waals surface area contributed by atoms with Gasteiger partial charge in [-0.25, -0.2) is 0 Å². The molecule has 0 saturated carbocycles. The van der Waals surface area contributed by atoms with Gasteiger partial charge in [-0.3, -0.25) is 19.3 Å². The Kier molecular flexibility index (Phi) is 14.9. The second-order valence-electron chi connectivity index (χ2n) is 14.1. The molecule has 12 nitrogen and oxygen atoms in total. The van der Waals surface area contributed by atoms with Crippen LogP contribution in [0.4, 0.5) is 0 Å². The third kappa shape index (κ3) is 9.53. The molecule has 1 unspecified atom stereocenters. The molecule has 2 saturated heterocycles. The van der Waals surface area contributed by atoms with E-state index < -0.39 is 83.6 Å². The second kappa shape index (κ2) is 17.0. The maximum atomic E-state index is 13.8. The van der Waals surface area contributed by atoms with E-state index in [9.17, 15) is 29.7 Å². The van der Waals surface area contributed by atoms with Gasteiger partial charge < -0.3 is 39.0 Å². The molecule has 0 aliphatic carbocycles. The minimum atomic E-state index is -1.94. The van der Waals surface area contributed by atoms with Crippen LogP contribution in [0.25, 0.3) is 0 Å². The van der Waals surface area contributed by atoms with Crippen LogP contribution in [-0.2, 0) is 38.1 Å². The highest BCUT2D eigenvalue weighted by atomic mass is 16.7. The highest BCUT2D eigenvalue weighted by molar-refractivity contribution is 5.83. The first kappa shape index (κ1) is 41.1. The molecule has 0 radical (unpaired) electrons. The quantitative estimate of drug-likeness (QED) is 0.256. The van der Waals surface area contributed by atoms with Gasteiger partial charge in [-0.1, -0.05) is 27.7 Å². The van der Waals surface area contributed by atoms with Crippen LogP contribution in [0, 0.1) is 36.0 Å². The molecule has 0 amide bonds. The lowest BCUT2D eigenvalue weighted by Gasteiger charge is -2.49. The summed E-state index contributed by atoms with van der Waals surface area (Å²) < 4.78 is 30.6. The fourth-order valence-electron chi connectivity index (χ4n) is 7.22. The molecule has 0 aromatic carbocycles. The Bertz CT molecular complexity index is 1110. The summed E-state index contributed by atoms with van der Waals surface area (Å²) in [5.41, 5.74) is -3.21. The molecule has 0 bridgehead atoms. The summed E-state index contributed by atoms with van der Waals surface area (Å²) in [7, 11) is 3.35. The van der Waals surface area contributed by atoms with E-state index in [2.05, 4.69) is 5.92 Å². The van der Waals surface area contributed by atoms with E-state index in [1.54, 1.807) is 27.7 Å². The molecule has 2 aliphatic heterocycles. The number of rotatable bonds is 8. The SMILES string of the molecule is C#CCCN(C)[C@H]1C[C@@H](C)O[C@@H](O[C@@H]2[C@@H](C)C(O)[C@@H](C)C(=O)O[C@H](CC)[C@@](C)(O)[C@H](O)[C@@H](C)C(=O)[C@H](C)C[C@@]2(C)OC)[C@@H]1OC(C)=O. The van der Waals surface area contributed by atoms with Crippen molar-refractivity contribution in [2.75, 3.05) is 20.7 Å². The number of carbonyl (C=O) groups is 3. The maximum Gasteiger partial charge on any atom is 0.311 e. The highest BCUT2D eigenvalue weighted by Crippen LogP contribution is 2.39. The molecule has 270 valence electrons. The lowest BCUT2D eigenvalue weighted by Crippen LogP contribution is -2.61. The predicted octanol–water partition coefficient (Wildman–Crippen LogP) is 2.48. The third-order valence-electron chi connectivity index (χ3n) is 10.3. The Balaban J connectivity index is 2.67. The van der Waals surface area contributed by atoms with Crippen molar-refractivity contribution in [2.24, 2.45) is 23.7 Å². The van der Waals surface area contributed by atoms with E-state index in [0.717, 1.165) is 0 Å². The monoisotopic (exact) mass is 669 g/mol. The van der Waals surface area contributed by atoms with E-state index >= 15 is 0 Å². The predicted molar refractivity (Wildman–Crippen MR) is 174 cm³/mol. The van der Waals surface area contributed by atoms with Crippen molar-refractivity contribution >= 4 is 17.7 Å². The van der Waals surface area contributed by atoms with Crippen LogP contribution in [0.3, 0.4) is 0 Å². The standard InChI is InChI=1S/C35H59NO11/c1-13-15-16-36(11)25-17-20(4)44-33(29(25)45-24(8)37)47-31-22(6)28(39)23(7)32(41)46-26(14-2)35(10,42)30(40)21(5)27(38)19(3)18-34(31,9)43-12/h1,19-23,25-26,28-31,33,39-40,42H,14-18H2,2-12H3/t19-,20-,21+,22+,23-,25+,26-,28?,29-,30-,31-,33+,34-,35-/m1/s1. The fourth-order valence-corrected chi connectivity index (χ4v) is 7.22. The number of Topliss-reactive ketones (excluding diaryl/α,β-unsaturated/α-hetero) is 1. The van der Waals surface area contributed by atoms with Crippen molar-refractivity contribution in [3.8, 4) is 12.3 Å². The highest BCUT2D eigenvalue weighted by Gasteiger charge is 2.52. The molecule has 0 spiro atoms. The van der Waals surface area contributed by atoms with Crippen molar-refractivity contribution < 1.29 is 53.4 Å². The first-order valence-electron chi connectivity index (χ1n) is 16.8. The third-order valence-corrected chi connectivity index (χ3v) is 10.3. The lowest BCUT2D eigenvalue weighted by atomic mass is 9.74.